The molecule has 1 aliphatic heterocycles. The van der Waals surface area contributed by atoms with Crippen molar-refractivity contribution in [2.75, 3.05) is 18.5 Å². The van der Waals surface area contributed by atoms with Gasteiger partial charge in [0.25, 0.3) is 5.91 Å². The van der Waals surface area contributed by atoms with Crippen LogP contribution in [0.4, 0.5) is 5.69 Å². The van der Waals surface area contributed by atoms with Crippen LogP contribution in [0, 0.1) is 6.92 Å². The number of nitrogens with one attached hydrogen (secondary N) is 1. The molecule has 0 saturated carbocycles. The number of ether oxygens (including phenoxy) is 3. The average molecular weight is 471 g/mol. The molecule has 3 aromatic rings. The predicted octanol–water partition coefficient (Wildman–Crippen LogP) is 4.70. The van der Waals surface area contributed by atoms with E-state index in [4.69, 9.17) is 14.2 Å². The van der Waals surface area contributed by atoms with Gasteiger partial charge in [-0.05, 0) is 50.2 Å². The number of aromatic nitrogens is 1. The number of hydrogen-bond donors (Lipinski definition) is 1. The molecule has 166 valence electrons. The topological polar surface area (TPSA) is 86.8 Å². The maximum atomic E-state index is 12.5. The maximum Gasteiger partial charge on any atom is 0.338 e. The molecule has 0 fully saturated rings. The Morgan fingerprint density at radius 3 is 2.62 bits per heavy atom. The minimum atomic E-state index is -0.961. The number of aryl methyl sites for hydroxylation is 1. The number of anilines is 1. The molecule has 1 aliphatic rings. The number of esters is 1. The molecule has 2 aromatic carbocycles. The Hall–Kier alpha value is -3.04. The van der Waals surface area contributed by atoms with Crippen LogP contribution in [0.3, 0.4) is 0 Å². The first-order valence-electron chi connectivity index (χ1n) is 10.0. The largest absolute Gasteiger partial charge is 0.486 e. The Kier molecular flexibility index (Phi) is 6.96. The van der Waals surface area contributed by atoms with Gasteiger partial charge in [0.15, 0.2) is 17.6 Å². The van der Waals surface area contributed by atoms with Crippen LogP contribution in [-0.2, 0) is 15.3 Å². The standard InChI is InChI=1S/C23H22N2O5S2/c1-14(22(26)25-17-5-8-20-21(11-17)29-10-9-28-20)30-23(27)16-3-6-19(7-4-16)32-13-18-12-31-15(2)24-18/h3-8,11-12,14H,9-10,13H2,1-2H3,(H,25,26). The molecule has 0 aliphatic carbocycles. The molecule has 0 bridgehead atoms. The second-order valence-electron chi connectivity index (χ2n) is 7.07. The third-order valence-electron chi connectivity index (χ3n) is 4.61. The number of hydrogen-bond acceptors (Lipinski definition) is 8. The summed E-state index contributed by atoms with van der Waals surface area (Å²) in [5, 5.41) is 5.83. The van der Waals surface area contributed by atoms with Crippen molar-refractivity contribution in [1.29, 1.82) is 0 Å². The van der Waals surface area contributed by atoms with Gasteiger partial charge in [0.1, 0.15) is 13.2 Å². The summed E-state index contributed by atoms with van der Waals surface area (Å²) in [6.45, 7) is 4.47. The lowest BCUT2D eigenvalue weighted by Gasteiger charge is -2.19. The summed E-state index contributed by atoms with van der Waals surface area (Å²) in [6, 6.07) is 12.2. The first-order chi connectivity index (χ1) is 15.5. The molecular weight excluding hydrogens is 448 g/mol. The summed E-state index contributed by atoms with van der Waals surface area (Å²) >= 11 is 3.28. The summed E-state index contributed by atoms with van der Waals surface area (Å²) in [4.78, 5) is 30.4. The van der Waals surface area contributed by atoms with Crippen LogP contribution in [0.25, 0.3) is 0 Å². The molecule has 1 amide bonds. The third kappa shape index (κ3) is 5.60. The molecule has 0 radical (unpaired) electrons. The van der Waals surface area contributed by atoms with Crippen LogP contribution in [0.1, 0.15) is 28.0 Å². The van der Waals surface area contributed by atoms with Crippen molar-refractivity contribution in [2.45, 2.75) is 30.6 Å². The number of rotatable bonds is 7. The lowest BCUT2D eigenvalue weighted by atomic mass is 10.2. The molecule has 1 atom stereocenters. The van der Waals surface area contributed by atoms with Crippen molar-refractivity contribution < 1.29 is 23.8 Å². The second-order valence-corrected chi connectivity index (χ2v) is 9.18. The summed E-state index contributed by atoms with van der Waals surface area (Å²) in [5.41, 5.74) is 1.97. The fourth-order valence-electron chi connectivity index (χ4n) is 2.97. The van der Waals surface area contributed by atoms with E-state index >= 15 is 0 Å². The van der Waals surface area contributed by atoms with Gasteiger partial charge in [0.05, 0.1) is 16.3 Å². The van der Waals surface area contributed by atoms with E-state index in [1.807, 2.05) is 24.4 Å². The lowest BCUT2D eigenvalue weighted by Crippen LogP contribution is -2.30. The zero-order chi connectivity index (χ0) is 22.5. The molecule has 32 heavy (non-hydrogen) atoms. The fourth-order valence-corrected chi connectivity index (χ4v) is 4.48. The van der Waals surface area contributed by atoms with Gasteiger partial charge >= 0.3 is 5.97 Å². The molecule has 1 aromatic heterocycles. The van der Waals surface area contributed by atoms with E-state index in [-0.39, 0.29) is 0 Å². The summed E-state index contributed by atoms with van der Waals surface area (Å²) in [5.74, 6) is 0.992. The van der Waals surface area contributed by atoms with E-state index in [9.17, 15) is 9.59 Å². The molecule has 1 unspecified atom stereocenters. The number of amides is 1. The summed E-state index contributed by atoms with van der Waals surface area (Å²) in [7, 11) is 0. The predicted molar refractivity (Wildman–Crippen MR) is 124 cm³/mol. The van der Waals surface area contributed by atoms with Gasteiger partial charge < -0.3 is 19.5 Å². The fraction of sp³-hybridized carbons (Fsp3) is 0.261. The average Bonchev–Trinajstić information content (AvgIpc) is 3.23. The van der Waals surface area contributed by atoms with Gasteiger partial charge in [-0.3, -0.25) is 4.79 Å². The van der Waals surface area contributed by atoms with E-state index in [1.54, 1.807) is 53.4 Å². The number of nitrogens with zero attached hydrogens (tertiary/aromatic N) is 1. The highest BCUT2D eigenvalue weighted by molar-refractivity contribution is 7.98. The number of benzene rings is 2. The molecule has 2 heterocycles. The zero-order valence-electron chi connectivity index (χ0n) is 17.6. The number of carbonyl (C=O) groups is 2. The lowest BCUT2D eigenvalue weighted by molar-refractivity contribution is -0.123. The van der Waals surface area contributed by atoms with Crippen LogP contribution in [0.5, 0.6) is 11.5 Å². The normalized spacial score (nSPS) is 13.3. The molecular formula is C23H22N2O5S2. The minimum Gasteiger partial charge on any atom is -0.486 e. The van der Waals surface area contributed by atoms with Gasteiger partial charge in [0.2, 0.25) is 0 Å². The van der Waals surface area contributed by atoms with Crippen LogP contribution in [-0.4, -0.2) is 36.2 Å². The van der Waals surface area contributed by atoms with Gasteiger partial charge in [-0.25, -0.2) is 9.78 Å². The van der Waals surface area contributed by atoms with E-state index < -0.39 is 18.0 Å². The van der Waals surface area contributed by atoms with Crippen molar-refractivity contribution in [2.24, 2.45) is 0 Å². The van der Waals surface area contributed by atoms with E-state index in [0.717, 1.165) is 21.3 Å². The number of thioether (sulfide) groups is 1. The highest BCUT2D eigenvalue weighted by Gasteiger charge is 2.20. The van der Waals surface area contributed by atoms with Gasteiger partial charge in [-0.2, -0.15) is 0 Å². The van der Waals surface area contributed by atoms with Gasteiger partial charge in [-0.1, -0.05) is 0 Å². The van der Waals surface area contributed by atoms with Crippen molar-refractivity contribution in [3.8, 4) is 11.5 Å². The Morgan fingerprint density at radius 2 is 1.91 bits per heavy atom. The molecule has 4 rings (SSSR count). The van der Waals surface area contributed by atoms with Crippen LogP contribution in [0.2, 0.25) is 0 Å². The van der Waals surface area contributed by atoms with Crippen molar-refractivity contribution >= 4 is 40.7 Å². The van der Waals surface area contributed by atoms with Crippen LogP contribution in [0.15, 0.2) is 52.7 Å². The van der Waals surface area contributed by atoms with Gasteiger partial charge in [-0.15, -0.1) is 23.1 Å². The number of thiazole rings is 1. The van der Waals surface area contributed by atoms with Gasteiger partial charge in [0, 0.05) is 27.8 Å². The first-order valence-corrected chi connectivity index (χ1v) is 11.9. The SMILES string of the molecule is Cc1nc(CSc2ccc(C(=O)OC(C)C(=O)Nc3ccc4c(c3)OCCO4)cc2)cs1. The minimum absolute atomic E-state index is 0.387. The smallest absolute Gasteiger partial charge is 0.338 e. The third-order valence-corrected chi connectivity index (χ3v) is 6.47. The van der Waals surface area contributed by atoms with E-state index in [2.05, 4.69) is 10.3 Å². The van der Waals surface area contributed by atoms with Crippen LogP contribution >= 0.6 is 23.1 Å². The Bertz CT molecular complexity index is 1110. The van der Waals surface area contributed by atoms with Crippen LogP contribution < -0.4 is 14.8 Å². The molecule has 0 spiro atoms. The summed E-state index contributed by atoms with van der Waals surface area (Å²) < 4.78 is 16.3. The van der Waals surface area contributed by atoms with E-state index in [1.165, 1.54) is 6.92 Å². The number of fused-ring (bicyclic) bond motifs is 1. The van der Waals surface area contributed by atoms with Crippen molar-refractivity contribution in [1.82, 2.24) is 4.98 Å². The molecule has 7 nitrogen and oxygen atoms in total. The second kappa shape index (κ2) is 10.1. The Morgan fingerprint density at radius 1 is 1.16 bits per heavy atom. The molecule has 1 N–H and O–H groups in total. The van der Waals surface area contributed by atoms with Crippen molar-refractivity contribution in [3.05, 3.63) is 64.1 Å². The quantitative estimate of drug-likeness (QED) is 0.396. The molecule has 0 saturated heterocycles. The first kappa shape index (κ1) is 22.2. The highest BCUT2D eigenvalue weighted by atomic mass is 32.2. The maximum absolute atomic E-state index is 12.5. The Balaban J connectivity index is 1.29. The molecule has 9 heteroatoms. The number of carbonyl (C=O) groups excluding carboxylic acids is 2. The highest BCUT2D eigenvalue weighted by Crippen LogP contribution is 2.32. The zero-order valence-corrected chi connectivity index (χ0v) is 19.3. The van der Waals surface area contributed by atoms with Crippen molar-refractivity contribution in [3.63, 3.8) is 0 Å². The Labute approximate surface area is 194 Å². The van der Waals surface area contributed by atoms with E-state index in [0.29, 0.717) is 36.0 Å². The monoisotopic (exact) mass is 470 g/mol. The summed E-state index contributed by atoms with van der Waals surface area (Å²) in [6.07, 6.45) is -0.961.